The number of anilines is 1. The summed E-state index contributed by atoms with van der Waals surface area (Å²) in [5, 5.41) is 6.35. The standard InChI is InChI=1S/C12H17N5O2/c1-16-12(13-7-14-16)15-10(18)11(19)17-6-2-3-9(17)8-4-5-8/h7-9H,2-6H2,1H3,(H,13,14,15,18)/t9-/m0/s1. The van der Waals surface area contributed by atoms with Crippen molar-refractivity contribution in [3.63, 3.8) is 0 Å². The van der Waals surface area contributed by atoms with Crippen molar-refractivity contribution < 1.29 is 9.59 Å². The number of carbonyl (C=O) groups excluding carboxylic acids is 2. The Morgan fingerprint density at radius 1 is 1.37 bits per heavy atom. The van der Waals surface area contributed by atoms with Gasteiger partial charge in [0.05, 0.1) is 0 Å². The fourth-order valence-corrected chi connectivity index (χ4v) is 2.71. The third-order valence-electron chi connectivity index (χ3n) is 3.86. The number of aromatic nitrogens is 3. The topological polar surface area (TPSA) is 80.1 Å². The summed E-state index contributed by atoms with van der Waals surface area (Å²) in [6.07, 6.45) is 5.71. The molecule has 2 fully saturated rings. The molecule has 1 aromatic heterocycles. The smallest absolute Gasteiger partial charge is 0.316 e. The molecule has 102 valence electrons. The predicted octanol–water partition coefficient (Wildman–Crippen LogP) is 0.155. The van der Waals surface area contributed by atoms with Gasteiger partial charge in [-0.25, -0.2) is 4.68 Å². The summed E-state index contributed by atoms with van der Waals surface area (Å²) >= 11 is 0. The molecule has 0 spiro atoms. The zero-order chi connectivity index (χ0) is 13.4. The van der Waals surface area contributed by atoms with E-state index in [-0.39, 0.29) is 6.04 Å². The highest BCUT2D eigenvalue weighted by Crippen LogP contribution is 2.40. The number of carbonyl (C=O) groups is 2. The molecule has 1 N–H and O–H groups in total. The van der Waals surface area contributed by atoms with Crippen molar-refractivity contribution in [3.05, 3.63) is 6.33 Å². The van der Waals surface area contributed by atoms with Gasteiger partial charge in [-0.1, -0.05) is 0 Å². The summed E-state index contributed by atoms with van der Waals surface area (Å²) in [4.78, 5) is 29.7. The van der Waals surface area contributed by atoms with Crippen LogP contribution in [-0.2, 0) is 16.6 Å². The Morgan fingerprint density at radius 3 is 2.79 bits per heavy atom. The monoisotopic (exact) mass is 263 g/mol. The molecule has 7 nitrogen and oxygen atoms in total. The second-order valence-corrected chi connectivity index (χ2v) is 5.21. The van der Waals surface area contributed by atoms with Gasteiger partial charge in [-0.15, -0.1) is 0 Å². The van der Waals surface area contributed by atoms with Crippen molar-refractivity contribution in [2.24, 2.45) is 13.0 Å². The van der Waals surface area contributed by atoms with E-state index in [1.807, 2.05) is 0 Å². The van der Waals surface area contributed by atoms with Crippen LogP contribution in [0.3, 0.4) is 0 Å². The molecule has 2 amide bonds. The van der Waals surface area contributed by atoms with Crippen molar-refractivity contribution in [1.29, 1.82) is 0 Å². The van der Waals surface area contributed by atoms with Crippen molar-refractivity contribution in [1.82, 2.24) is 19.7 Å². The van der Waals surface area contributed by atoms with Crippen LogP contribution < -0.4 is 5.32 Å². The highest BCUT2D eigenvalue weighted by Gasteiger charge is 2.41. The quantitative estimate of drug-likeness (QED) is 0.770. The van der Waals surface area contributed by atoms with Crippen molar-refractivity contribution in [2.45, 2.75) is 31.7 Å². The van der Waals surface area contributed by atoms with Gasteiger partial charge in [0.25, 0.3) is 0 Å². The molecule has 3 rings (SSSR count). The van der Waals surface area contributed by atoms with Crippen LogP contribution in [0.2, 0.25) is 0 Å². The summed E-state index contributed by atoms with van der Waals surface area (Å²) in [6, 6.07) is 0.262. The van der Waals surface area contributed by atoms with E-state index in [4.69, 9.17) is 0 Å². The fraction of sp³-hybridized carbons (Fsp3) is 0.667. The van der Waals surface area contributed by atoms with E-state index in [0.717, 1.165) is 12.8 Å². The van der Waals surface area contributed by atoms with E-state index in [1.54, 1.807) is 11.9 Å². The van der Waals surface area contributed by atoms with Crippen molar-refractivity contribution >= 4 is 17.8 Å². The summed E-state index contributed by atoms with van der Waals surface area (Å²) < 4.78 is 1.42. The average molecular weight is 263 g/mol. The molecule has 2 aliphatic rings. The molecule has 0 bridgehead atoms. The Kier molecular flexibility index (Phi) is 2.96. The van der Waals surface area contributed by atoms with Crippen LogP contribution in [0.25, 0.3) is 0 Å². The van der Waals surface area contributed by atoms with E-state index >= 15 is 0 Å². The van der Waals surface area contributed by atoms with Crippen LogP contribution >= 0.6 is 0 Å². The van der Waals surface area contributed by atoms with Crippen LogP contribution in [0.15, 0.2) is 6.33 Å². The Balaban J connectivity index is 1.66. The molecule has 0 radical (unpaired) electrons. The molecular formula is C12H17N5O2. The van der Waals surface area contributed by atoms with Gasteiger partial charge in [0.1, 0.15) is 6.33 Å². The van der Waals surface area contributed by atoms with Crippen LogP contribution in [0, 0.1) is 5.92 Å². The number of hydrogen-bond donors (Lipinski definition) is 1. The molecule has 2 heterocycles. The maximum absolute atomic E-state index is 12.2. The zero-order valence-electron chi connectivity index (χ0n) is 10.9. The molecule has 19 heavy (non-hydrogen) atoms. The average Bonchev–Trinajstić information content (AvgIpc) is 2.99. The largest absolute Gasteiger partial charge is 0.331 e. The van der Waals surface area contributed by atoms with Gasteiger partial charge in [-0.3, -0.25) is 14.9 Å². The van der Waals surface area contributed by atoms with Gasteiger partial charge in [0.2, 0.25) is 5.95 Å². The lowest BCUT2D eigenvalue weighted by Gasteiger charge is -2.23. The molecule has 1 aliphatic heterocycles. The minimum Gasteiger partial charge on any atom is -0.331 e. The Labute approximate surface area is 111 Å². The highest BCUT2D eigenvalue weighted by molar-refractivity contribution is 6.39. The number of rotatable bonds is 2. The van der Waals surface area contributed by atoms with Gasteiger partial charge in [-0.2, -0.15) is 10.1 Å². The van der Waals surface area contributed by atoms with E-state index < -0.39 is 11.8 Å². The molecule has 0 aromatic carbocycles. The maximum Gasteiger partial charge on any atom is 0.316 e. The zero-order valence-corrected chi connectivity index (χ0v) is 10.9. The van der Waals surface area contributed by atoms with Crippen molar-refractivity contribution in [2.75, 3.05) is 11.9 Å². The normalized spacial score (nSPS) is 22.6. The first kappa shape index (κ1) is 12.1. The van der Waals surface area contributed by atoms with Crippen LogP contribution in [0.1, 0.15) is 25.7 Å². The second-order valence-electron chi connectivity index (χ2n) is 5.21. The summed E-state index contributed by atoms with van der Waals surface area (Å²) in [7, 11) is 1.66. The van der Waals surface area contributed by atoms with E-state index in [1.165, 1.54) is 23.9 Å². The van der Waals surface area contributed by atoms with E-state index in [0.29, 0.717) is 18.4 Å². The molecule has 1 aliphatic carbocycles. The Bertz CT molecular complexity index is 508. The molecule has 1 atom stereocenters. The van der Waals surface area contributed by atoms with Gasteiger partial charge < -0.3 is 4.90 Å². The first-order valence-electron chi connectivity index (χ1n) is 6.63. The van der Waals surface area contributed by atoms with Gasteiger partial charge in [0, 0.05) is 19.6 Å². The number of amides is 2. The van der Waals surface area contributed by atoms with Crippen molar-refractivity contribution in [3.8, 4) is 0 Å². The Morgan fingerprint density at radius 2 is 2.16 bits per heavy atom. The van der Waals surface area contributed by atoms with Gasteiger partial charge in [0.15, 0.2) is 0 Å². The number of nitrogens with zero attached hydrogens (tertiary/aromatic N) is 4. The lowest BCUT2D eigenvalue weighted by Crippen LogP contribution is -2.43. The van der Waals surface area contributed by atoms with Crippen LogP contribution in [0.5, 0.6) is 0 Å². The number of aryl methyl sites for hydroxylation is 1. The second kappa shape index (κ2) is 4.64. The molecule has 1 saturated carbocycles. The van der Waals surface area contributed by atoms with Crippen LogP contribution in [-0.4, -0.2) is 44.1 Å². The lowest BCUT2D eigenvalue weighted by atomic mass is 10.1. The lowest BCUT2D eigenvalue weighted by molar-refractivity contribution is -0.144. The van der Waals surface area contributed by atoms with E-state index in [2.05, 4.69) is 15.4 Å². The number of hydrogen-bond acceptors (Lipinski definition) is 4. The molecule has 0 unspecified atom stereocenters. The summed E-state index contributed by atoms with van der Waals surface area (Å²) in [5.74, 6) is -0.171. The van der Waals surface area contributed by atoms with Gasteiger partial charge in [-0.05, 0) is 31.6 Å². The number of likely N-dealkylation sites (tertiary alicyclic amines) is 1. The fourth-order valence-electron chi connectivity index (χ4n) is 2.71. The SMILES string of the molecule is Cn1ncnc1NC(=O)C(=O)N1CCC[C@H]1C1CC1. The molecule has 1 aromatic rings. The first-order chi connectivity index (χ1) is 9.16. The highest BCUT2D eigenvalue weighted by atomic mass is 16.2. The molecule has 1 saturated heterocycles. The minimum absolute atomic E-state index is 0.262. The minimum atomic E-state index is -0.622. The maximum atomic E-state index is 12.2. The third kappa shape index (κ3) is 2.32. The molecule has 7 heteroatoms. The Hall–Kier alpha value is -1.92. The van der Waals surface area contributed by atoms with Gasteiger partial charge >= 0.3 is 11.8 Å². The summed E-state index contributed by atoms with van der Waals surface area (Å²) in [5.41, 5.74) is 0. The third-order valence-corrected chi connectivity index (χ3v) is 3.86. The van der Waals surface area contributed by atoms with E-state index in [9.17, 15) is 9.59 Å². The first-order valence-corrected chi connectivity index (χ1v) is 6.63. The van der Waals surface area contributed by atoms with Crippen LogP contribution in [0.4, 0.5) is 5.95 Å². The predicted molar refractivity (Wildman–Crippen MR) is 67.1 cm³/mol. The molecular weight excluding hydrogens is 246 g/mol. The summed E-state index contributed by atoms with van der Waals surface area (Å²) in [6.45, 7) is 0.687. The number of nitrogens with one attached hydrogen (secondary N) is 1.